The maximum Gasteiger partial charge on any atom is 0.257 e. The fourth-order valence-electron chi connectivity index (χ4n) is 1.72. The molecule has 20 heavy (non-hydrogen) atoms. The minimum Gasteiger partial charge on any atom is -0.298 e. The van der Waals surface area contributed by atoms with E-state index in [1.54, 1.807) is 24.3 Å². The van der Waals surface area contributed by atoms with E-state index in [1.165, 1.54) is 11.3 Å². The first kappa shape index (κ1) is 13.5. The zero-order valence-corrected chi connectivity index (χ0v) is 13.2. The number of nitrogens with zero attached hydrogens (tertiary/aromatic N) is 1. The van der Waals surface area contributed by atoms with Crippen LogP contribution in [0.25, 0.3) is 10.2 Å². The second kappa shape index (κ2) is 5.52. The van der Waals surface area contributed by atoms with E-state index < -0.39 is 0 Å². The largest absolute Gasteiger partial charge is 0.298 e. The molecule has 1 heterocycles. The van der Waals surface area contributed by atoms with Crippen LogP contribution in [0.5, 0.6) is 0 Å². The molecule has 0 spiro atoms. The van der Waals surface area contributed by atoms with Gasteiger partial charge in [-0.2, -0.15) is 0 Å². The number of benzene rings is 2. The predicted molar refractivity (Wildman–Crippen MR) is 86.7 cm³/mol. The third-order valence-electron chi connectivity index (χ3n) is 2.68. The molecule has 100 valence electrons. The number of carbonyl (C=O) groups excluding carboxylic acids is 1. The second-order valence-corrected chi connectivity index (χ2v) is 6.47. The summed E-state index contributed by atoms with van der Waals surface area (Å²) in [5.74, 6) is -0.195. The highest BCUT2D eigenvalue weighted by Crippen LogP contribution is 2.28. The van der Waals surface area contributed by atoms with Gasteiger partial charge in [0.15, 0.2) is 5.13 Å². The fraction of sp³-hybridized carbons (Fsp3) is 0. The zero-order chi connectivity index (χ0) is 14.1. The van der Waals surface area contributed by atoms with E-state index in [-0.39, 0.29) is 5.91 Å². The molecule has 0 unspecified atom stereocenters. The minimum absolute atomic E-state index is 0.195. The van der Waals surface area contributed by atoms with E-state index in [1.807, 2.05) is 18.2 Å². The van der Waals surface area contributed by atoms with Crippen LogP contribution >= 0.6 is 38.9 Å². The maximum absolute atomic E-state index is 12.1. The Morgan fingerprint density at radius 3 is 2.70 bits per heavy atom. The summed E-state index contributed by atoms with van der Waals surface area (Å²) < 4.78 is 2.01. The van der Waals surface area contributed by atoms with Gasteiger partial charge in [0.25, 0.3) is 5.91 Å². The van der Waals surface area contributed by atoms with Gasteiger partial charge in [0.2, 0.25) is 0 Å². The summed E-state index contributed by atoms with van der Waals surface area (Å²) >= 11 is 10.7. The van der Waals surface area contributed by atoms with Crippen molar-refractivity contribution in [3.05, 3.63) is 57.5 Å². The smallest absolute Gasteiger partial charge is 0.257 e. The first-order valence-corrected chi connectivity index (χ1v) is 7.73. The number of thiazole rings is 1. The normalized spacial score (nSPS) is 10.7. The van der Waals surface area contributed by atoms with Crippen molar-refractivity contribution in [2.75, 3.05) is 5.32 Å². The van der Waals surface area contributed by atoms with E-state index in [9.17, 15) is 4.79 Å². The molecule has 3 rings (SSSR count). The van der Waals surface area contributed by atoms with Crippen molar-refractivity contribution in [2.45, 2.75) is 0 Å². The Bertz CT molecular complexity index is 785. The monoisotopic (exact) mass is 366 g/mol. The molecule has 0 radical (unpaired) electrons. The molecule has 1 N–H and O–H groups in total. The number of halogens is 2. The lowest BCUT2D eigenvalue weighted by molar-refractivity contribution is 0.102. The highest BCUT2D eigenvalue weighted by molar-refractivity contribution is 9.10. The minimum atomic E-state index is -0.195. The number of aromatic nitrogens is 1. The van der Waals surface area contributed by atoms with Gasteiger partial charge in [-0.3, -0.25) is 10.1 Å². The van der Waals surface area contributed by atoms with Crippen LogP contribution < -0.4 is 5.32 Å². The lowest BCUT2D eigenvalue weighted by Gasteiger charge is -2.01. The van der Waals surface area contributed by atoms with Crippen molar-refractivity contribution in [3.63, 3.8) is 0 Å². The Morgan fingerprint density at radius 2 is 1.95 bits per heavy atom. The van der Waals surface area contributed by atoms with Gasteiger partial charge >= 0.3 is 0 Å². The van der Waals surface area contributed by atoms with Gasteiger partial charge in [0.05, 0.1) is 10.2 Å². The molecule has 0 atom stereocenters. The molecule has 0 fully saturated rings. The Balaban J connectivity index is 1.85. The van der Waals surface area contributed by atoms with Crippen LogP contribution in [-0.4, -0.2) is 10.9 Å². The highest BCUT2D eigenvalue weighted by atomic mass is 79.9. The van der Waals surface area contributed by atoms with Gasteiger partial charge < -0.3 is 0 Å². The van der Waals surface area contributed by atoms with Crippen LogP contribution in [0.4, 0.5) is 5.13 Å². The van der Waals surface area contributed by atoms with Crippen LogP contribution in [0, 0.1) is 0 Å². The van der Waals surface area contributed by atoms with Crippen LogP contribution in [-0.2, 0) is 0 Å². The number of hydrogen-bond acceptors (Lipinski definition) is 3. The lowest BCUT2D eigenvalue weighted by Crippen LogP contribution is -2.11. The van der Waals surface area contributed by atoms with Gasteiger partial charge in [0.1, 0.15) is 0 Å². The third kappa shape index (κ3) is 2.85. The Hall–Kier alpha value is -1.43. The number of fused-ring (bicyclic) bond motifs is 1. The van der Waals surface area contributed by atoms with Crippen LogP contribution in [0.2, 0.25) is 5.02 Å². The molecular formula is C14H8BrClN2OS. The van der Waals surface area contributed by atoms with Crippen molar-refractivity contribution < 1.29 is 4.79 Å². The summed E-state index contributed by atoms with van der Waals surface area (Å²) in [4.78, 5) is 16.4. The van der Waals surface area contributed by atoms with Crippen LogP contribution in [0.15, 0.2) is 46.9 Å². The van der Waals surface area contributed by atoms with E-state index in [2.05, 4.69) is 26.2 Å². The highest BCUT2D eigenvalue weighted by Gasteiger charge is 2.10. The summed E-state index contributed by atoms with van der Waals surface area (Å²) in [6.07, 6.45) is 0. The summed E-state index contributed by atoms with van der Waals surface area (Å²) in [6.45, 7) is 0. The summed E-state index contributed by atoms with van der Waals surface area (Å²) in [6, 6.07) is 12.5. The molecule has 1 aromatic heterocycles. The standard InChI is InChI=1S/C14H8BrClN2OS/c15-9-3-6-11-12(7-9)20-14(17-11)18-13(19)8-1-4-10(16)5-2-8/h1-7H,(H,17,18,19). The van der Waals surface area contributed by atoms with Gasteiger partial charge in [-0.25, -0.2) is 4.98 Å². The lowest BCUT2D eigenvalue weighted by atomic mass is 10.2. The van der Waals surface area contributed by atoms with Crippen LogP contribution in [0.3, 0.4) is 0 Å². The molecule has 0 aliphatic carbocycles. The molecule has 0 saturated heterocycles. The van der Waals surface area contributed by atoms with Crippen molar-refractivity contribution in [1.82, 2.24) is 4.98 Å². The SMILES string of the molecule is O=C(Nc1nc2ccc(Br)cc2s1)c1ccc(Cl)cc1. The zero-order valence-electron chi connectivity index (χ0n) is 10.1. The molecule has 1 amide bonds. The summed E-state index contributed by atoms with van der Waals surface area (Å²) in [5.41, 5.74) is 1.42. The van der Waals surface area contributed by atoms with Crippen molar-refractivity contribution >= 4 is 60.1 Å². The van der Waals surface area contributed by atoms with E-state index in [0.29, 0.717) is 15.7 Å². The Morgan fingerprint density at radius 1 is 1.20 bits per heavy atom. The molecule has 0 bridgehead atoms. The van der Waals surface area contributed by atoms with Gasteiger partial charge in [-0.1, -0.05) is 38.9 Å². The van der Waals surface area contributed by atoms with Crippen molar-refractivity contribution in [3.8, 4) is 0 Å². The fourth-order valence-corrected chi connectivity index (χ4v) is 3.26. The third-order valence-corrected chi connectivity index (χ3v) is 4.36. The van der Waals surface area contributed by atoms with Gasteiger partial charge in [-0.15, -0.1) is 0 Å². The predicted octanol–water partition coefficient (Wildman–Crippen LogP) is 4.96. The number of anilines is 1. The molecule has 3 nitrogen and oxygen atoms in total. The summed E-state index contributed by atoms with van der Waals surface area (Å²) in [7, 11) is 0. The summed E-state index contributed by atoms with van der Waals surface area (Å²) in [5, 5.41) is 3.98. The molecule has 2 aromatic carbocycles. The quantitative estimate of drug-likeness (QED) is 0.695. The van der Waals surface area contributed by atoms with Crippen molar-refractivity contribution in [2.24, 2.45) is 0 Å². The van der Waals surface area contributed by atoms with Gasteiger partial charge in [-0.05, 0) is 42.5 Å². The van der Waals surface area contributed by atoms with E-state index in [0.717, 1.165) is 14.7 Å². The Kier molecular flexibility index (Phi) is 3.74. The number of rotatable bonds is 2. The van der Waals surface area contributed by atoms with E-state index >= 15 is 0 Å². The second-order valence-electron chi connectivity index (χ2n) is 4.09. The molecule has 0 aliphatic rings. The number of amides is 1. The number of nitrogens with one attached hydrogen (secondary N) is 1. The first-order valence-electron chi connectivity index (χ1n) is 5.75. The van der Waals surface area contributed by atoms with Gasteiger partial charge in [0, 0.05) is 15.1 Å². The molecule has 0 saturated carbocycles. The number of carbonyl (C=O) groups is 1. The van der Waals surface area contributed by atoms with Crippen LogP contribution in [0.1, 0.15) is 10.4 Å². The average Bonchev–Trinajstić information content (AvgIpc) is 2.80. The average molecular weight is 368 g/mol. The molecule has 3 aromatic rings. The molecule has 0 aliphatic heterocycles. The Labute approximate surface area is 132 Å². The molecule has 6 heteroatoms. The van der Waals surface area contributed by atoms with Crippen molar-refractivity contribution in [1.29, 1.82) is 0 Å². The molecular weight excluding hydrogens is 360 g/mol. The van der Waals surface area contributed by atoms with E-state index in [4.69, 9.17) is 11.6 Å². The maximum atomic E-state index is 12.1. The topological polar surface area (TPSA) is 42.0 Å². The first-order chi connectivity index (χ1) is 9.61. The number of hydrogen-bond donors (Lipinski definition) is 1.